The fraction of sp³-hybridized carbons (Fsp3) is 0.250. The van der Waals surface area contributed by atoms with Crippen LogP contribution in [0.4, 0.5) is 0 Å². The van der Waals surface area contributed by atoms with Crippen molar-refractivity contribution in [2.45, 2.75) is 18.8 Å². The minimum atomic E-state index is -0.409. The van der Waals surface area contributed by atoms with E-state index < -0.39 is 5.97 Å². The third-order valence-electron chi connectivity index (χ3n) is 3.10. The predicted octanol–water partition coefficient (Wildman–Crippen LogP) is 2.97. The largest absolute Gasteiger partial charge is 0.462 e. The van der Waals surface area contributed by atoms with Gasteiger partial charge in [-0.3, -0.25) is 4.79 Å². The molecule has 1 aromatic carbocycles. The van der Waals surface area contributed by atoms with Crippen LogP contribution in [0.25, 0.3) is 0 Å². The lowest BCUT2D eigenvalue weighted by Crippen LogP contribution is -2.26. The number of hydrogen-bond acceptors (Lipinski definition) is 3. The van der Waals surface area contributed by atoms with E-state index in [9.17, 15) is 9.59 Å². The summed E-state index contributed by atoms with van der Waals surface area (Å²) >= 11 is 3.36. The lowest BCUT2D eigenvalue weighted by atomic mass is 10.1. The number of alkyl halides is 1. The topological polar surface area (TPSA) is 48.3 Å². The third-order valence-corrected chi connectivity index (χ3v) is 3.63. The average Bonchev–Trinajstić information content (AvgIpc) is 2.50. The number of carbonyl (C=O) groups is 1. The molecular formula is C16H16BrNO3. The fourth-order valence-electron chi connectivity index (χ4n) is 2.10. The van der Waals surface area contributed by atoms with Crippen LogP contribution in [0.3, 0.4) is 0 Å². The molecule has 0 saturated heterocycles. The highest BCUT2D eigenvalue weighted by molar-refractivity contribution is 9.08. The van der Waals surface area contributed by atoms with Gasteiger partial charge in [0.2, 0.25) is 0 Å². The Morgan fingerprint density at radius 3 is 2.52 bits per heavy atom. The van der Waals surface area contributed by atoms with Crippen LogP contribution in [0.2, 0.25) is 0 Å². The van der Waals surface area contributed by atoms with Crippen molar-refractivity contribution in [3.05, 3.63) is 69.6 Å². The smallest absolute Gasteiger partial charge is 0.339 e. The van der Waals surface area contributed by atoms with Crippen LogP contribution in [0.1, 0.15) is 28.5 Å². The Bertz CT molecular complexity index is 680. The number of aromatic nitrogens is 1. The molecule has 0 bridgehead atoms. The molecule has 0 N–H and O–H groups in total. The molecule has 2 aromatic rings. The van der Waals surface area contributed by atoms with Crippen molar-refractivity contribution in [2.75, 3.05) is 6.61 Å². The minimum Gasteiger partial charge on any atom is -0.462 e. The van der Waals surface area contributed by atoms with E-state index in [2.05, 4.69) is 15.9 Å². The normalized spacial score (nSPS) is 10.4. The highest BCUT2D eigenvalue weighted by atomic mass is 79.9. The summed E-state index contributed by atoms with van der Waals surface area (Å²) in [5, 5.41) is 0.407. The molecule has 0 aliphatic carbocycles. The first-order valence-electron chi connectivity index (χ1n) is 6.67. The van der Waals surface area contributed by atoms with Crippen LogP contribution < -0.4 is 5.56 Å². The van der Waals surface area contributed by atoms with Gasteiger partial charge in [0.05, 0.1) is 18.7 Å². The Morgan fingerprint density at radius 1 is 1.19 bits per heavy atom. The molecule has 0 radical (unpaired) electrons. The van der Waals surface area contributed by atoms with Gasteiger partial charge in [-0.1, -0.05) is 46.3 Å². The summed E-state index contributed by atoms with van der Waals surface area (Å²) in [7, 11) is 0. The van der Waals surface area contributed by atoms with E-state index in [1.807, 2.05) is 30.3 Å². The number of nitrogens with zero attached hydrogens (tertiary/aromatic N) is 1. The van der Waals surface area contributed by atoms with Crippen molar-refractivity contribution in [1.82, 2.24) is 4.57 Å². The molecular weight excluding hydrogens is 334 g/mol. The molecule has 0 atom stereocenters. The Hall–Kier alpha value is -1.88. The first-order chi connectivity index (χ1) is 10.2. The number of esters is 1. The zero-order valence-electron chi connectivity index (χ0n) is 11.7. The van der Waals surface area contributed by atoms with Gasteiger partial charge in [-0.05, 0) is 18.6 Å². The highest BCUT2D eigenvalue weighted by Gasteiger charge is 2.16. The minimum absolute atomic E-state index is 0.138. The van der Waals surface area contributed by atoms with Crippen molar-refractivity contribution in [3.8, 4) is 0 Å². The number of pyridine rings is 1. The number of halogens is 1. The number of ether oxygens (including phenoxy) is 1. The summed E-state index contributed by atoms with van der Waals surface area (Å²) in [5.74, 6) is -0.409. The highest BCUT2D eigenvalue weighted by Crippen LogP contribution is 2.14. The van der Waals surface area contributed by atoms with Crippen LogP contribution in [0.15, 0.2) is 47.3 Å². The molecule has 1 aromatic heterocycles. The van der Waals surface area contributed by atoms with Gasteiger partial charge in [0.15, 0.2) is 0 Å². The predicted molar refractivity (Wildman–Crippen MR) is 84.8 cm³/mol. The summed E-state index contributed by atoms with van der Waals surface area (Å²) in [6.07, 6.45) is 0. The zero-order valence-corrected chi connectivity index (χ0v) is 13.3. The monoisotopic (exact) mass is 349 g/mol. The second kappa shape index (κ2) is 7.22. The van der Waals surface area contributed by atoms with E-state index in [0.29, 0.717) is 29.7 Å². The van der Waals surface area contributed by atoms with Gasteiger partial charge in [-0.15, -0.1) is 0 Å². The maximum atomic E-state index is 12.1. The van der Waals surface area contributed by atoms with Gasteiger partial charge in [-0.25, -0.2) is 4.79 Å². The Kier molecular flexibility index (Phi) is 5.33. The van der Waals surface area contributed by atoms with Crippen molar-refractivity contribution in [1.29, 1.82) is 0 Å². The van der Waals surface area contributed by atoms with E-state index in [1.165, 1.54) is 12.1 Å². The van der Waals surface area contributed by atoms with Gasteiger partial charge in [0.25, 0.3) is 5.56 Å². The zero-order chi connectivity index (χ0) is 15.2. The number of rotatable bonds is 5. The van der Waals surface area contributed by atoms with E-state index in [-0.39, 0.29) is 5.56 Å². The molecule has 0 fully saturated rings. The standard InChI is InChI=1S/C16H16BrNO3/c1-2-21-16(20)13-8-9-15(19)18(14(13)10-17)11-12-6-4-3-5-7-12/h3-9H,2,10-11H2,1H3. The van der Waals surface area contributed by atoms with Crippen LogP contribution in [-0.4, -0.2) is 17.1 Å². The van der Waals surface area contributed by atoms with Gasteiger partial charge < -0.3 is 9.30 Å². The van der Waals surface area contributed by atoms with Gasteiger partial charge in [0, 0.05) is 17.1 Å². The first-order valence-corrected chi connectivity index (χ1v) is 7.79. The molecule has 0 aliphatic rings. The quantitative estimate of drug-likeness (QED) is 0.615. The molecule has 0 saturated carbocycles. The molecule has 1 heterocycles. The maximum Gasteiger partial charge on any atom is 0.339 e. The number of benzene rings is 1. The van der Waals surface area contributed by atoms with Crippen molar-refractivity contribution < 1.29 is 9.53 Å². The summed E-state index contributed by atoms with van der Waals surface area (Å²) in [5.41, 5.74) is 1.92. The lowest BCUT2D eigenvalue weighted by molar-refractivity contribution is 0.0524. The van der Waals surface area contributed by atoms with Crippen LogP contribution in [-0.2, 0) is 16.6 Å². The molecule has 0 amide bonds. The molecule has 5 heteroatoms. The second-order valence-electron chi connectivity index (χ2n) is 4.46. The van der Waals surface area contributed by atoms with Crippen LogP contribution in [0, 0.1) is 0 Å². The third kappa shape index (κ3) is 3.61. The van der Waals surface area contributed by atoms with Crippen molar-refractivity contribution in [2.24, 2.45) is 0 Å². The number of hydrogen-bond donors (Lipinski definition) is 0. The van der Waals surface area contributed by atoms with Crippen molar-refractivity contribution >= 4 is 21.9 Å². The van der Waals surface area contributed by atoms with E-state index in [0.717, 1.165) is 5.56 Å². The Balaban J connectivity index is 2.46. The first kappa shape index (κ1) is 15.5. The van der Waals surface area contributed by atoms with Gasteiger partial charge >= 0.3 is 5.97 Å². The van der Waals surface area contributed by atoms with Crippen molar-refractivity contribution in [3.63, 3.8) is 0 Å². The lowest BCUT2D eigenvalue weighted by Gasteiger charge is -2.14. The number of carbonyl (C=O) groups excluding carboxylic acids is 1. The van der Waals surface area contributed by atoms with E-state index in [1.54, 1.807) is 11.5 Å². The molecule has 0 unspecified atom stereocenters. The summed E-state index contributed by atoms with van der Waals surface area (Å²) in [6, 6.07) is 12.6. The Morgan fingerprint density at radius 2 is 1.90 bits per heavy atom. The molecule has 0 aliphatic heterocycles. The van der Waals surface area contributed by atoms with Crippen LogP contribution in [0.5, 0.6) is 0 Å². The van der Waals surface area contributed by atoms with E-state index in [4.69, 9.17) is 4.74 Å². The molecule has 2 rings (SSSR count). The summed E-state index contributed by atoms with van der Waals surface area (Å²) < 4.78 is 6.63. The molecule has 110 valence electrons. The summed E-state index contributed by atoms with van der Waals surface area (Å²) in [6.45, 7) is 2.48. The molecule has 4 nitrogen and oxygen atoms in total. The molecule has 21 heavy (non-hydrogen) atoms. The Labute approximate surface area is 131 Å². The average molecular weight is 350 g/mol. The fourth-order valence-corrected chi connectivity index (χ4v) is 2.70. The van der Waals surface area contributed by atoms with Crippen LogP contribution >= 0.6 is 15.9 Å². The SMILES string of the molecule is CCOC(=O)c1ccc(=O)n(Cc2ccccc2)c1CBr. The van der Waals surface area contributed by atoms with Gasteiger partial charge in [0.1, 0.15) is 0 Å². The second-order valence-corrected chi connectivity index (χ2v) is 5.02. The van der Waals surface area contributed by atoms with Gasteiger partial charge in [-0.2, -0.15) is 0 Å². The molecule has 0 spiro atoms. The maximum absolute atomic E-state index is 12.1. The van der Waals surface area contributed by atoms with E-state index >= 15 is 0 Å². The summed E-state index contributed by atoms with van der Waals surface area (Å²) in [4.78, 5) is 24.1.